The number of piperazine rings is 1. The van der Waals surface area contributed by atoms with Crippen LogP contribution in [-0.2, 0) is 0 Å². The third kappa shape index (κ3) is 3.55. The standard InChI is InChI=1S/C18H23N5O3/c1-12-4-5-14(10-13(12)2)23-17(25)15(16(24)20-18(23)26)11-19-22-8-6-21(3)7-9-22/h4-5,10-11,25H,6-9H2,1-3H3,(H,20,24,26)/p+1/b19-11+. The van der Waals surface area contributed by atoms with Crippen molar-refractivity contribution in [3.63, 3.8) is 0 Å². The molecule has 1 aliphatic heterocycles. The zero-order valence-electron chi connectivity index (χ0n) is 15.2. The second kappa shape index (κ2) is 7.17. The van der Waals surface area contributed by atoms with Gasteiger partial charge in [-0.05, 0) is 37.1 Å². The number of nitrogens with one attached hydrogen (secondary N) is 2. The molecule has 8 nitrogen and oxygen atoms in total. The quantitative estimate of drug-likeness (QED) is 0.614. The van der Waals surface area contributed by atoms with Crippen LogP contribution < -0.4 is 16.1 Å². The second-order valence-corrected chi connectivity index (χ2v) is 6.76. The first kappa shape index (κ1) is 17.9. The SMILES string of the molecule is Cc1ccc(-n2c(O)c(/C=N/N3CC[NH+](C)CC3)c(=O)[nH]c2=O)cc1C. The Balaban J connectivity index is 2.00. The van der Waals surface area contributed by atoms with Crippen LogP contribution in [0.3, 0.4) is 0 Å². The van der Waals surface area contributed by atoms with Crippen LogP contribution in [0.4, 0.5) is 0 Å². The van der Waals surface area contributed by atoms with Crippen molar-refractivity contribution in [1.82, 2.24) is 14.6 Å². The van der Waals surface area contributed by atoms with Crippen LogP contribution in [0.25, 0.3) is 5.69 Å². The molecule has 138 valence electrons. The summed E-state index contributed by atoms with van der Waals surface area (Å²) in [7, 11) is 2.12. The molecular formula is C18H24N5O3+. The first-order valence-corrected chi connectivity index (χ1v) is 8.63. The number of aromatic nitrogens is 2. The summed E-state index contributed by atoms with van der Waals surface area (Å²) in [5, 5.41) is 16.7. The van der Waals surface area contributed by atoms with Crippen molar-refractivity contribution in [1.29, 1.82) is 0 Å². The molecule has 2 heterocycles. The van der Waals surface area contributed by atoms with Crippen molar-refractivity contribution in [3.05, 3.63) is 55.7 Å². The molecule has 0 saturated carbocycles. The molecule has 0 atom stereocenters. The molecule has 1 fully saturated rings. The predicted molar refractivity (Wildman–Crippen MR) is 99.6 cm³/mol. The predicted octanol–water partition coefficient (Wildman–Crippen LogP) is -0.988. The number of rotatable bonds is 3. The molecular weight excluding hydrogens is 334 g/mol. The second-order valence-electron chi connectivity index (χ2n) is 6.76. The van der Waals surface area contributed by atoms with E-state index in [-0.39, 0.29) is 5.56 Å². The van der Waals surface area contributed by atoms with Crippen LogP contribution in [-0.4, -0.2) is 59.1 Å². The van der Waals surface area contributed by atoms with Gasteiger partial charge in [0.1, 0.15) is 5.56 Å². The van der Waals surface area contributed by atoms with Gasteiger partial charge < -0.3 is 10.0 Å². The van der Waals surface area contributed by atoms with Crippen molar-refractivity contribution in [2.24, 2.45) is 5.10 Å². The summed E-state index contributed by atoms with van der Waals surface area (Å²) in [5.41, 5.74) is 1.17. The van der Waals surface area contributed by atoms with Gasteiger partial charge in [0, 0.05) is 0 Å². The Morgan fingerprint density at radius 1 is 1.19 bits per heavy atom. The number of H-pyrrole nitrogens is 1. The lowest BCUT2D eigenvalue weighted by atomic mass is 10.1. The number of hydrazone groups is 1. The number of benzene rings is 1. The van der Waals surface area contributed by atoms with Crippen LogP contribution in [0.2, 0.25) is 0 Å². The Bertz CT molecular complexity index is 952. The number of aromatic hydroxyl groups is 1. The number of quaternary nitrogens is 1. The van der Waals surface area contributed by atoms with Crippen LogP contribution in [0.15, 0.2) is 32.9 Å². The largest absolute Gasteiger partial charge is 0.493 e. The van der Waals surface area contributed by atoms with Gasteiger partial charge in [0.2, 0.25) is 5.88 Å². The Morgan fingerprint density at radius 3 is 2.54 bits per heavy atom. The molecule has 2 aromatic rings. The van der Waals surface area contributed by atoms with Gasteiger partial charge in [0.05, 0.1) is 45.1 Å². The highest BCUT2D eigenvalue weighted by Crippen LogP contribution is 2.18. The van der Waals surface area contributed by atoms with Gasteiger partial charge in [-0.3, -0.25) is 14.8 Å². The van der Waals surface area contributed by atoms with E-state index >= 15 is 0 Å². The highest BCUT2D eigenvalue weighted by molar-refractivity contribution is 5.82. The van der Waals surface area contributed by atoms with Gasteiger partial charge in [-0.25, -0.2) is 9.36 Å². The molecule has 1 saturated heterocycles. The molecule has 0 radical (unpaired) electrons. The Labute approximate surface area is 151 Å². The number of aryl methyl sites for hydroxylation is 2. The summed E-state index contributed by atoms with van der Waals surface area (Å²) in [6, 6.07) is 5.38. The molecule has 26 heavy (non-hydrogen) atoms. The van der Waals surface area contributed by atoms with E-state index in [1.165, 1.54) is 11.1 Å². The van der Waals surface area contributed by atoms with Crippen LogP contribution in [0.1, 0.15) is 16.7 Å². The van der Waals surface area contributed by atoms with E-state index in [0.29, 0.717) is 5.69 Å². The normalized spacial score (nSPS) is 15.7. The maximum atomic E-state index is 12.2. The van der Waals surface area contributed by atoms with Gasteiger partial charge >= 0.3 is 5.69 Å². The van der Waals surface area contributed by atoms with Crippen molar-refractivity contribution < 1.29 is 10.0 Å². The first-order chi connectivity index (χ1) is 12.4. The number of nitrogens with zero attached hydrogens (tertiary/aromatic N) is 3. The number of likely N-dealkylation sites (N-methyl/N-ethyl adjacent to an activating group) is 1. The van der Waals surface area contributed by atoms with Crippen molar-refractivity contribution >= 4 is 6.21 Å². The topological polar surface area (TPSA) is 95.1 Å². The molecule has 3 rings (SSSR count). The van der Waals surface area contributed by atoms with Gasteiger partial charge in [-0.1, -0.05) is 6.07 Å². The lowest BCUT2D eigenvalue weighted by molar-refractivity contribution is -0.884. The lowest BCUT2D eigenvalue weighted by Gasteiger charge is -2.27. The summed E-state index contributed by atoms with van der Waals surface area (Å²) >= 11 is 0. The molecule has 1 aromatic heterocycles. The maximum Gasteiger partial charge on any atom is 0.335 e. The van der Waals surface area contributed by atoms with Crippen LogP contribution in [0, 0.1) is 13.8 Å². The summed E-state index contributed by atoms with van der Waals surface area (Å²) < 4.78 is 1.09. The van der Waals surface area contributed by atoms with E-state index < -0.39 is 17.1 Å². The minimum Gasteiger partial charge on any atom is -0.493 e. The van der Waals surface area contributed by atoms with E-state index in [9.17, 15) is 14.7 Å². The van der Waals surface area contributed by atoms with E-state index in [0.717, 1.165) is 41.9 Å². The first-order valence-electron chi connectivity index (χ1n) is 8.63. The minimum absolute atomic E-state index is 0.0332. The highest BCUT2D eigenvalue weighted by atomic mass is 16.3. The Hall–Kier alpha value is -2.87. The van der Waals surface area contributed by atoms with Crippen molar-refractivity contribution in [2.75, 3.05) is 33.2 Å². The third-order valence-electron chi connectivity index (χ3n) is 4.81. The fourth-order valence-electron chi connectivity index (χ4n) is 2.89. The summed E-state index contributed by atoms with van der Waals surface area (Å²) in [6.45, 7) is 7.36. The number of aromatic amines is 1. The van der Waals surface area contributed by atoms with Crippen LogP contribution >= 0.6 is 0 Å². The van der Waals surface area contributed by atoms with E-state index in [4.69, 9.17) is 0 Å². The molecule has 0 bridgehead atoms. The zero-order chi connectivity index (χ0) is 18.8. The molecule has 1 aliphatic rings. The highest BCUT2D eigenvalue weighted by Gasteiger charge is 2.17. The minimum atomic E-state index is -0.684. The van der Waals surface area contributed by atoms with Gasteiger partial charge in [0.25, 0.3) is 5.56 Å². The average molecular weight is 358 g/mol. The Morgan fingerprint density at radius 2 is 1.88 bits per heavy atom. The van der Waals surface area contributed by atoms with E-state index in [2.05, 4.69) is 17.1 Å². The zero-order valence-corrected chi connectivity index (χ0v) is 15.2. The van der Waals surface area contributed by atoms with Gasteiger partial charge in [-0.2, -0.15) is 5.10 Å². The molecule has 0 amide bonds. The summed E-state index contributed by atoms with van der Waals surface area (Å²) in [5.74, 6) is -0.412. The fourth-order valence-corrected chi connectivity index (χ4v) is 2.89. The van der Waals surface area contributed by atoms with Gasteiger partial charge in [-0.15, -0.1) is 0 Å². The molecule has 0 aliphatic carbocycles. The molecule has 1 aromatic carbocycles. The third-order valence-corrected chi connectivity index (χ3v) is 4.81. The van der Waals surface area contributed by atoms with Crippen molar-refractivity contribution in [3.8, 4) is 11.6 Å². The smallest absolute Gasteiger partial charge is 0.335 e. The maximum absolute atomic E-state index is 12.2. The monoisotopic (exact) mass is 358 g/mol. The van der Waals surface area contributed by atoms with Crippen molar-refractivity contribution in [2.45, 2.75) is 13.8 Å². The lowest BCUT2D eigenvalue weighted by Crippen LogP contribution is -3.11. The van der Waals surface area contributed by atoms with E-state index in [1.807, 2.05) is 24.9 Å². The molecule has 8 heteroatoms. The Kier molecular flexibility index (Phi) is 4.94. The summed E-state index contributed by atoms with van der Waals surface area (Å²) in [4.78, 5) is 28.1. The molecule has 0 unspecified atom stereocenters. The fraction of sp³-hybridized carbons (Fsp3) is 0.389. The van der Waals surface area contributed by atoms with E-state index in [1.54, 1.807) is 12.1 Å². The number of hydrogen-bond donors (Lipinski definition) is 3. The van der Waals surface area contributed by atoms with Crippen LogP contribution in [0.5, 0.6) is 5.88 Å². The average Bonchev–Trinajstić information content (AvgIpc) is 2.59. The molecule has 3 N–H and O–H groups in total. The molecule has 0 spiro atoms. The number of hydrogen-bond acceptors (Lipinski definition) is 5. The van der Waals surface area contributed by atoms with Gasteiger partial charge in [0.15, 0.2) is 0 Å². The summed E-state index contributed by atoms with van der Waals surface area (Å²) in [6.07, 6.45) is 1.33.